The Morgan fingerprint density at radius 2 is 2.00 bits per heavy atom. The molecule has 0 spiro atoms. The van der Waals surface area contributed by atoms with Crippen LogP contribution in [0.1, 0.15) is 17.3 Å². The molecule has 0 bridgehead atoms. The van der Waals surface area contributed by atoms with E-state index >= 15 is 0 Å². The summed E-state index contributed by atoms with van der Waals surface area (Å²) in [5, 5.41) is 3.93. The van der Waals surface area contributed by atoms with Gasteiger partial charge < -0.3 is 14.8 Å². The molecule has 2 rings (SSSR count). The minimum atomic E-state index is 0.00858. The fraction of sp³-hybridized carbons (Fsp3) is 0.333. The number of hydrogen-bond acceptors (Lipinski definition) is 5. The largest absolute Gasteiger partial charge is 0.496 e. The number of hydrogen-bond donors (Lipinski definition) is 1. The summed E-state index contributed by atoms with van der Waals surface area (Å²) in [6.45, 7) is 0. The van der Waals surface area contributed by atoms with E-state index in [0.29, 0.717) is 17.3 Å². The maximum Gasteiger partial charge on any atom is 0.216 e. The lowest BCUT2D eigenvalue weighted by atomic mass is 10.0. The van der Waals surface area contributed by atoms with Crippen LogP contribution < -0.4 is 14.8 Å². The zero-order valence-electron chi connectivity index (χ0n) is 12.3. The van der Waals surface area contributed by atoms with Crippen molar-refractivity contribution >= 4 is 11.6 Å². The highest BCUT2D eigenvalue weighted by molar-refractivity contribution is 6.30. The van der Waals surface area contributed by atoms with Crippen LogP contribution in [0, 0.1) is 0 Å². The molecule has 2 aromatic rings. The van der Waals surface area contributed by atoms with E-state index in [0.717, 1.165) is 17.0 Å². The lowest BCUT2D eigenvalue weighted by Crippen LogP contribution is -2.20. The van der Waals surface area contributed by atoms with Gasteiger partial charge in [-0.2, -0.15) is 0 Å². The molecule has 1 aromatic heterocycles. The molecule has 0 amide bonds. The normalized spacial score (nSPS) is 12.0. The molecule has 112 valence electrons. The molecule has 6 heteroatoms. The number of likely N-dealkylation sites (N-methyl/N-ethyl adjacent to an activating group) is 1. The number of nitrogens with one attached hydrogen (secondary N) is 1. The van der Waals surface area contributed by atoms with E-state index < -0.39 is 0 Å². The summed E-state index contributed by atoms with van der Waals surface area (Å²) in [5.41, 5.74) is 1.87. The number of methoxy groups -OCH3 is 2. The van der Waals surface area contributed by atoms with E-state index in [1.165, 1.54) is 6.33 Å². The maximum atomic E-state index is 6.07. The summed E-state index contributed by atoms with van der Waals surface area (Å²) in [4.78, 5) is 8.33. The Morgan fingerprint density at radius 3 is 2.67 bits per heavy atom. The Kier molecular flexibility index (Phi) is 5.36. The van der Waals surface area contributed by atoms with Crippen LogP contribution in [0.2, 0.25) is 5.02 Å². The molecule has 0 saturated carbocycles. The van der Waals surface area contributed by atoms with Crippen LogP contribution >= 0.6 is 11.6 Å². The summed E-state index contributed by atoms with van der Waals surface area (Å²) in [6.07, 6.45) is 2.19. The van der Waals surface area contributed by atoms with E-state index in [4.69, 9.17) is 21.1 Å². The highest BCUT2D eigenvalue weighted by Crippen LogP contribution is 2.27. The molecule has 0 aliphatic heterocycles. The van der Waals surface area contributed by atoms with Crippen LogP contribution in [0.4, 0.5) is 0 Å². The average molecular weight is 308 g/mol. The zero-order chi connectivity index (χ0) is 15.2. The molecule has 0 radical (unpaired) electrons. The van der Waals surface area contributed by atoms with Crippen molar-refractivity contribution in [3.05, 3.63) is 46.9 Å². The molecule has 1 unspecified atom stereocenters. The molecule has 1 aromatic carbocycles. The quantitative estimate of drug-likeness (QED) is 0.889. The van der Waals surface area contributed by atoms with Crippen LogP contribution in [0.3, 0.4) is 0 Å². The van der Waals surface area contributed by atoms with Crippen LogP contribution in [-0.4, -0.2) is 31.2 Å². The molecule has 1 atom stereocenters. The number of aromatic nitrogens is 2. The van der Waals surface area contributed by atoms with Gasteiger partial charge in [0.25, 0.3) is 0 Å². The smallest absolute Gasteiger partial charge is 0.216 e. The first kappa shape index (κ1) is 15.5. The lowest BCUT2D eigenvalue weighted by Gasteiger charge is -2.18. The van der Waals surface area contributed by atoms with Crippen molar-refractivity contribution in [2.45, 2.75) is 12.5 Å². The van der Waals surface area contributed by atoms with Crippen LogP contribution in [-0.2, 0) is 6.42 Å². The van der Waals surface area contributed by atoms with Gasteiger partial charge >= 0.3 is 0 Å². The standard InChI is InChI=1S/C15H18ClN3O2/c1-17-12(13-8-15(21-3)19-9-18-13)7-10-6-11(16)4-5-14(10)20-2/h4-6,8-9,12,17H,7H2,1-3H3. The summed E-state index contributed by atoms with van der Waals surface area (Å²) < 4.78 is 10.5. The first-order valence-corrected chi connectivity index (χ1v) is 6.91. The minimum absolute atomic E-state index is 0.00858. The molecule has 5 nitrogen and oxygen atoms in total. The van der Waals surface area contributed by atoms with Gasteiger partial charge in [0, 0.05) is 11.1 Å². The van der Waals surface area contributed by atoms with Crippen molar-refractivity contribution in [2.24, 2.45) is 0 Å². The van der Waals surface area contributed by atoms with Crippen molar-refractivity contribution in [1.29, 1.82) is 0 Å². The SMILES string of the molecule is CNC(Cc1cc(Cl)ccc1OC)c1cc(OC)ncn1. The van der Waals surface area contributed by atoms with Gasteiger partial charge in [0.1, 0.15) is 12.1 Å². The molecule has 1 N–H and O–H groups in total. The third-order valence-electron chi connectivity index (χ3n) is 3.24. The van der Waals surface area contributed by atoms with Gasteiger partial charge in [-0.1, -0.05) is 11.6 Å². The Bertz CT molecular complexity index is 607. The fourth-order valence-electron chi connectivity index (χ4n) is 2.14. The van der Waals surface area contributed by atoms with E-state index in [9.17, 15) is 0 Å². The number of rotatable bonds is 6. The van der Waals surface area contributed by atoms with Crippen molar-refractivity contribution in [3.8, 4) is 11.6 Å². The van der Waals surface area contributed by atoms with Gasteiger partial charge in [-0.05, 0) is 37.2 Å². The average Bonchev–Trinajstić information content (AvgIpc) is 2.52. The molecule has 0 saturated heterocycles. The van der Waals surface area contributed by atoms with Gasteiger partial charge in [0.2, 0.25) is 5.88 Å². The number of ether oxygens (including phenoxy) is 2. The third kappa shape index (κ3) is 3.83. The van der Waals surface area contributed by atoms with E-state index in [2.05, 4.69) is 15.3 Å². The highest BCUT2D eigenvalue weighted by Gasteiger charge is 2.16. The van der Waals surface area contributed by atoms with Crippen LogP contribution in [0.15, 0.2) is 30.6 Å². The third-order valence-corrected chi connectivity index (χ3v) is 3.48. The summed E-state index contributed by atoms with van der Waals surface area (Å²) in [5.74, 6) is 1.35. The maximum absolute atomic E-state index is 6.07. The number of halogens is 1. The summed E-state index contributed by atoms with van der Waals surface area (Å²) in [6, 6.07) is 7.41. The van der Waals surface area contributed by atoms with Crippen LogP contribution in [0.5, 0.6) is 11.6 Å². The second-order valence-corrected chi connectivity index (χ2v) is 4.92. The van der Waals surface area contributed by atoms with Crippen molar-refractivity contribution in [3.63, 3.8) is 0 Å². The van der Waals surface area contributed by atoms with E-state index in [-0.39, 0.29) is 6.04 Å². The van der Waals surface area contributed by atoms with E-state index in [1.54, 1.807) is 14.2 Å². The predicted octanol–water partition coefficient (Wildman–Crippen LogP) is 2.65. The van der Waals surface area contributed by atoms with Gasteiger partial charge in [-0.25, -0.2) is 9.97 Å². The van der Waals surface area contributed by atoms with E-state index in [1.807, 2.05) is 31.3 Å². The minimum Gasteiger partial charge on any atom is -0.496 e. The van der Waals surface area contributed by atoms with Gasteiger partial charge in [-0.15, -0.1) is 0 Å². The summed E-state index contributed by atoms with van der Waals surface area (Å²) >= 11 is 6.07. The molecular formula is C15H18ClN3O2. The highest BCUT2D eigenvalue weighted by atomic mass is 35.5. The molecular weight excluding hydrogens is 290 g/mol. The lowest BCUT2D eigenvalue weighted by molar-refractivity contribution is 0.393. The Morgan fingerprint density at radius 1 is 1.19 bits per heavy atom. The van der Waals surface area contributed by atoms with Crippen molar-refractivity contribution < 1.29 is 9.47 Å². The molecule has 0 aliphatic carbocycles. The Labute approximate surface area is 129 Å². The first-order chi connectivity index (χ1) is 10.2. The number of benzene rings is 1. The first-order valence-electron chi connectivity index (χ1n) is 6.53. The van der Waals surface area contributed by atoms with Gasteiger partial charge in [-0.3, -0.25) is 0 Å². The van der Waals surface area contributed by atoms with Crippen LogP contribution in [0.25, 0.3) is 0 Å². The molecule has 0 aliphatic rings. The fourth-order valence-corrected chi connectivity index (χ4v) is 2.33. The van der Waals surface area contributed by atoms with Crippen molar-refractivity contribution in [2.75, 3.05) is 21.3 Å². The zero-order valence-corrected chi connectivity index (χ0v) is 13.0. The Balaban J connectivity index is 2.28. The predicted molar refractivity (Wildman–Crippen MR) is 82.1 cm³/mol. The second-order valence-electron chi connectivity index (χ2n) is 4.49. The molecule has 1 heterocycles. The van der Waals surface area contributed by atoms with Crippen molar-refractivity contribution in [1.82, 2.24) is 15.3 Å². The summed E-state index contributed by atoms with van der Waals surface area (Å²) in [7, 11) is 5.12. The second kappa shape index (κ2) is 7.24. The Hall–Kier alpha value is -1.85. The molecule has 21 heavy (non-hydrogen) atoms. The monoisotopic (exact) mass is 307 g/mol. The van der Waals surface area contributed by atoms with Gasteiger partial charge in [0.15, 0.2) is 0 Å². The topological polar surface area (TPSA) is 56.3 Å². The van der Waals surface area contributed by atoms with Gasteiger partial charge in [0.05, 0.1) is 26.0 Å². The number of nitrogens with zero attached hydrogens (tertiary/aromatic N) is 2. The molecule has 0 fully saturated rings.